The second kappa shape index (κ2) is 8.12. The molecule has 150 valence electrons. The number of aromatic nitrogens is 5. The number of hydrogen-bond donors (Lipinski definition) is 2. The SMILES string of the molecule is CCc1cc2cccc(F)c2c(=O)n1-c1ccccc1.Nc1ncnc2nc[nH]c12. The highest BCUT2D eigenvalue weighted by Crippen LogP contribution is 2.18. The van der Waals surface area contributed by atoms with Gasteiger partial charge in [0, 0.05) is 11.4 Å². The van der Waals surface area contributed by atoms with Crippen LogP contribution in [0.25, 0.3) is 27.6 Å². The average molecular weight is 402 g/mol. The Morgan fingerprint density at radius 3 is 2.60 bits per heavy atom. The first-order valence-electron chi connectivity index (χ1n) is 9.38. The van der Waals surface area contributed by atoms with E-state index in [1.807, 2.05) is 43.3 Å². The van der Waals surface area contributed by atoms with Gasteiger partial charge in [0.05, 0.1) is 11.7 Å². The minimum absolute atomic E-state index is 0.147. The van der Waals surface area contributed by atoms with Gasteiger partial charge >= 0.3 is 0 Å². The van der Waals surface area contributed by atoms with Crippen molar-refractivity contribution < 1.29 is 4.39 Å². The van der Waals surface area contributed by atoms with Crippen molar-refractivity contribution in [3.05, 3.63) is 89.1 Å². The van der Waals surface area contributed by atoms with Gasteiger partial charge in [-0.15, -0.1) is 0 Å². The van der Waals surface area contributed by atoms with Crippen LogP contribution in [0.5, 0.6) is 0 Å². The Morgan fingerprint density at radius 2 is 1.87 bits per heavy atom. The first kappa shape index (κ1) is 19.3. The summed E-state index contributed by atoms with van der Waals surface area (Å²) in [5, 5.41) is 0.799. The van der Waals surface area contributed by atoms with Gasteiger partial charge in [-0.3, -0.25) is 9.36 Å². The molecule has 0 amide bonds. The standard InChI is InChI=1S/C17H14FNO.C5H5N5/c1-2-13-11-12-7-6-10-15(18)16(12)17(20)19(13)14-8-4-3-5-9-14;6-4-3-5(9-1-7-3)10-2-8-4/h3-11H,2H2,1H3;1-2H,(H3,6,7,8,9,10). The molecular weight excluding hydrogens is 383 g/mol. The number of nitrogens with one attached hydrogen (secondary N) is 1. The zero-order valence-corrected chi connectivity index (χ0v) is 16.2. The molecule has 0 aliphatic rings. The normalized spacial score (nSPS) is 10.7. The number of H-pyrrole nitrogens is 1. The first-order chi connectivity index (χ1) is 14.6. The van der Waals surface area contributed by atoms with Crippen LogP contribution in [-0.4, -0.2) is 24.5 Å². The Hall–Kier alpha value is -4.07. The highest BCUT2D eigenvalue weighted by atomic mass is 19.1. The molecule has 0 bridgehead atoms. The fourth-order valence-electron chi connectivity index (χ4n) is 3.28. The van der Waals surface area contributed by atoms with E-state index in [4.69, 9.17) is 5.73 Å². The summed E-state index contributed by atoms with van der Waals surface area (Å²) in [5.74, 6) is -0.0395. The number of imidazole rings is 1. The number of pyridine rings is 1. The van der Waals surface area contributed by atoms with Gasteiger partial charge in [-0.05, 0) is 36.1 Å². The maximum Gasteiger partial charge on any atom is 0.266 e. The third-order valence-corrected chi connectivity index (χ3v) is 4.70. The van der Waals surface area contributed by atoms with E-state index < -0.39 is 5.82 Å². The largest absolute Gasteiger partial charge is 0.382 e. The van der Waals surface area contributed by atoms with Crippen LogP contribution in [0.3, 0.4) is 0 Å². The molecule has 0 aliphatic heterocycles. The summed E-state index contributed by atoms with van der Waals surface area (Å²) in [5.41, 5.74) is 8.11. The predicted molar refractivity (Wildman–Crippen MR) is 115 cm³/mol. The van der Waals surface area contributed by atoms with Crippen LogP contribution >= 0.6 is 0 Å². The van der Waals surface area contributed by atoms with Crippen LogP contribution in [0.1, 0.15) is 12.6 Å². The minimum Gasteiger partial charge on any atom is -0.382 e. The monoisotopic (exact) mass is 402 g/mol. The Kier molecular flexibility index (Phi) is 5.21. The number of aromatic amines is 1. The third-order valence-electron chi connectivity index (χ3n) is 4.70. The van der Waals surface area contributed by atoms with Crippen molar-refractivity contribution in [1.29, 1.82) is 0 Å². The molecule has 0 fully saturated rings. The first-order valence-corrected chi connectivity index (χ1v) is 9.38. The predicted octanol–water partition coefficient (Wildman–Crippen LogP) is 3.63. The van der Waals surface area contributed by atoms with E-state index in [0.717, 1.165) is 11.4 Å². The van der Waals surface area contributed by atoms with E-state index in [1.165, 1.54) is 18.7 Å². The number of halogens is 1. The molecular formula is C22H19FN6O. The van der Waals surface area contributed by atoms with Gasteiger partial charge in [0.2, 0.25) is 0 Å². The van der Waals surface area contributed by atoms with Gasteiger partial charge in [-0.1, -0.05) is 37.3 Å². The minimum atomic E-state index is -0.472. The fraction of sp³-hybridized carbons (Fsp3) is 0.0909. The van der Waals surface area contributed by atoms with Crippen LogP contribution in [0.4, 0.5) is 10.2 Å². The molecule has 2 aromatic carbocycles. The smallest absolute Gasteiger partial charge is 0.266 e. The highest BCUT2D eigenvalue weighted by Gasteiger charge is 2.12. The van der Waals surface area contributed by atoms with Crippen molar-refractivity contribution >= 4 is 27.8 Å². The summed E-state index contributed by atoms with van der Waals surface area (Å²) in [6, 6.07) is 15.9. The summed E-state index contributed by atoms with van der Waals surface area (Å²) < 4.78 is 15.6. The molecule has 3 heterocycles. The lowest BCUT2D eigenvalue weighted by Crippen LogP contribution is -2.22. The second-order valence-corrected chi connectivity index (χ2v) is 6.53. The molecule has 0 saturated carbocycles. The number of rotatable bonds is 2. The molecule has 0 radical (unpaired) electrons. The molecule has 3 N–H and O–H groups in total. The number of benzene rings is 2. The van der Waals surface area contributed by atoms with Crippen LogP contribution in [0.2, 0.25) is 0 Å². The molecule has 3 aromatic heterocycles. The number of fused-ring (bicyclic) bond motifs is 2. The average Bonchev–Trinajstić information content (AvgIpc) is 3.25. The van der Waals surface area contributed by atoms with Gasteiger partial charge in [0.25, 0.3) is 5.56 Å². The van der Waals surface area contributed by atoms with Crippen LogP contribution < -0.4 is 11.3 Å². The van der Waals surface area contributed by atoms with Gasteiger partial charge < -0.3 is 10.7 Å². The second-order valence-electron chi connectivity index (χ2n) is 6.53. The Balaban J connectivity index is 0.000000181. The van der Waals surface area contributed by atoms with Crippen LogP contribution in [0, 0.1) is 5.82 Å². The summed E-state index contributed by atoms with van der Waals surface area (Å²) >= 11 is 0. The number of anilines is 1. The zero-order chi connectivity index (χ0) is 21.1. The molecule has 5 rings (SSSR count). The Bertz CT molecular complexity index is 1380. The van der Waals surface area contributed by atoms with Gasteiger partial charge in [0.15, 0.2) is 11.5 Å². The Morgan fingerprint density at radius 1 is 1.07 bits per heavy atom. The molecule has 30 heavy (non-hydrogen) atoms. The molecule has 0 unspecified atom stereocenters. The molecule has 0 saturated heterocycles. The number of nitrogens with zero attached hydrogens (tertiary/aromatic N) is 4. The number of para-hydroxylation sites is 1. The van der Waals surface area contributed by atoms with Crippen molar-refractivity contribution in [3.8, 4) is 5.69 Å². The number of nitrogens with two attached hydrogens (primary N) is 1. The summed E-state index contributed by atoms with van der Waals surface area (Å²) in [7, 11) is 0. The van der Waals surface area contributed by atoms with E-state index >= 15 is 0 Å². The van der Waals surface area contributed by atoms with Crippen molar-refractivity contribution in [2.75, 3.05) is 5.73 Å². The van der Waals surface area contributed by atoms with Crippen LogP contribution in [-0.2, 0) is 6.42 Å². The maximum atomic E-state index is 14.0. The van der Waals surface area contributed by atoms with Crippen LogP contribution in [0.15, 0.2) is 72.0 Å². The van der Waals surface area contributed by atoms with Crippen molar-refractivity contribution in [2.24, 2.45) is 0 Å². The van der Waals surface area contributed by atoms with Gasteiger partial charge in [-0.25, -0.2) is 19.3 Å². The van der Waals surface area contributed by atoms with Gasteiger partial charge in [-0.2, -0.15) is 0 Å². The lowest BCUT2D eigenvalue weighted by atomic mass is 10.1. The quantitative estimate of drug-likeness (QED) is 0.469. The lowest BCUT2D eigenvalue weighted by Gasteiger charge is -2.13. The summed E-state index contributed by atoms with van der Waals surface area (Å²) in [6.07, 6.45) is 3.63. The fourth-order valence-corrected chi connectivity index (χ4v) is 3.28. The van der Waals surface area contributed by atoms with Crippen molar-refractivity contribution in [2.45, 2.75) is 13.3 Å². The molecule has 7 nitrogen and oxygen atoms in total. The zero-order valence-electron chi connectivity index (χ0n) is 16.2. The van der Waals surface area contributed by atoms with Crippen molar-refractivity contribution in [3.63, 3.8) is 0 Å². The number of hydrogen-bond acceptors (Lipinski definition) is 5. The number of aryl methyl sites for hydroxylation is 1. The topological polar surface area (TPSA) is 102 Å². The number of nitrogen functional groups attached to an aromatic ring is 1. The molecule has 8 heteroatoms. The highest BCUT2D eigenvalue weighted by molar-refractivity contribution is 5.83. The van der Waals surface area contributed by atoms with E-state index in [1.54, 1.807) is 16.7 Å². The molecule has 5 aromatic rings. The Labute approximate surface area is 171 Å². The van der Waals surface area contributed by atoms with E-state index in [2.05, 4.69) is 19.9 Å². The third kappa shape index (κ3) is 3.50. The molecule has 0 spiro atoms. The van der Waals surface area contributed by atoms with E-state index in [9.17, 15) is 9.18 Å². The summed E-state index contributed by atoms with van der Waals surface area (Å²) in [6.45, 7) is 1.99. The molecule has 0 aliphatic carbocycles. The maximum absolute atomic E-state index is 14.0. The van der Waals surface area contributed by atoms with Gasteiger partial charge in [0.1, 0.15) is 17.7 Å². The molecule has 0 atom stereocenters. The van der Waals surface area contributed by atoms with E-state index in [0.29, 0.717) is 28.8 Å². The van der Waals surface area contributed by atoms with Crippen molar-refractivity contribution in [1.82, 2.24) is 24.5 Å². The summed E-state index contributed by atoms with van der Waals surface area (Å²) in [4.78, 5) is 27.0. The lowest BCUT2D eigenvalue weighted by molar-refractivity contribution is 0.637. The van der Waals surface area contributed by atoms with E-state index in [-0.39, 0.29) is 10.9 Å².